The normalized spacial score (nSPS) is 9.89. The van der Waals surface area contributed by atoms with Gasteiger partial charge in [0.05, 0.1) is 12.7 Å². The molecule has 0 spiro atoms. The minimum absolute atomic E-state index is 0.0488. The fourth-order valence-corrected chi connectivity index (χ4v) is 1.37. The van der Waals surface area contributed by atoms with E-state index in [9.17, 15) is 9.59 Å². The van der Waals surface area contributed by atoms with E-state index in [0.29, 0.717) is 18.7 Å². The number of rotatable bonds is 6. The summed E-state index contributed by atoms with van der Waals surface area (Å²) in [5.74, 6) is -0.571. The van der Waals surface area contributed by atoms with Gasteiger partial charge in [-0.3, -0.25) is 4.79 Å². The van der Waals surface area contributed by atoms with Gasteiger partial charge in [0.2, 0.25) is 5.91 Å². The standard InChI is InChI=1S/C13H17NO4/c1-3-18-9-12(15)14-8-10-5-4-6-11(7-10)13(16)17-2/h4-7H,3,8-9H2,1-2H3,(H,14,15). The molecule has 1 aromatic rings. The largest absolute Gasteiger partial charge is 0.465 e. The summed E-state index contributed by atoms with van der Waals surface area (Å²) in [6, 6.07) is 6.92. The summed E-state index contributed by atoms with van der Waals surface area (Å²) in [6.45, 7) is 2.74. The molecule has 1 N–H and O–H groups in total. The van der Waals surface area contributed by atoms with Gasteiger partial charge in [0.15, 0.2) is 0 Å². The number of carbonyl (C=O) groups is 2. The Morgan fingerprint density at radius 2 is 2.11 bits per heavy atom. The van der Waals surface area contributed by atoms with E-state index in [1.165, 1.54) is 7.11 Å². The Kier molecular flexibility index (Phi) is 5.87. The maximum Gasteiger partial charge on any atom is 0.337 e. The molecule has 0 unspecified atom stereocenters. The molecule has 0 radical (unpaired) electrons. The summed E-state index contributed by atoms with van der Waals surface area (Å²) in [6.07, 6.45) is 0. The van der Waals surface area contributed by atoms with E-state index in [2.05, 4.69) is 10.1 Å². The molecule has 0 atom stereocenters. The van der Waals surface area contributed by atoms with Crippen molar-refractivity contribution in [1.82, 2.24) is 5.32 Å². The molecule has 0 saturated heterocycles. The van der Waals surface area contributed by atoms with E-state index in [-0.39, 0.29) is 12.5 Å². The van der Waals surface area contributed by atoms with Crippen molar-refractivity contribution in [2.75, 3.05) is 20.3 Å². The van der Waals surface area contributed by atoms with Crippen molar-refractivity contribution in [3.63, 3.8) is 0 Å². The van der Waals surface area contributed by atoms with E-state index < -0.39 is 5.97 Å². The van der Waals surface area contributed by atoms with E-state index >= 15 is 0 Å². The molecule has 0 aliphatic heterocycles. The Morgan fingerprint density at radius 3 is 2.78 bits per heavy atom. The fourth-order valence-electron chi connectivity index (χ4n) is 1.37. The third kappa shape index (κ3) is 4.55. The van der Waals surface area contributed by atoms with Crippen LogP contribution in [-0.4, -0.2) is 32.2 Å². The third-order valence-corrected chi connectivity index (χ3v) is 2.28. The van der Waals surface area contributed by atoms with Gasteiger partial charge in [-0.1, -0.05) is 12.1 Å². The summed E-state index contributed by atoms with van der Waals surface area (Å²) in [4.78, 5) is 22.6. The SMILES string of the molecule is CCOCC(=O)NCc1cccc(C(=O)OC)c1. The highest BCUT2D eigenvalue weighted by atomic mass is 16.5. The van der Waals surface area contributed by atoms with Crippen molar-refractivity contribution < 1.29 is 19.1 Å². The first-order valence-corrected chi connectivity index (χ1v) is 5.69. The van der Waals surface area contributed by atoms with E-state index in [1.807, 2.05) is 13.0 Å². The number of ether oxygens (including phenoxy) is 2. The summed E-state index contributed by atoms with van der Waals surface area (Å²) in [5.41, 5.74) is 1.30. The molecule has 18 heavy (non-hydrogen) atoms. The number of methoxy groups -OCH3 is 1. The molecular formula is C13H17NO4. The highest BCUT2D eigenvalue weighted by molar-refractivity contribution is 5.89. The maximum absolute atomic E-state index is 11.3. The minimum Gasteiger partial charge on any atom is -0.465 e. The van der Waals surface area contributed by atoms with Crippen LogP contribution in [0.1, 0.15) is 22.8 Å². The molecule has 0 aliphatic rings. The van der Waals surface area contributed by atoms with Crippen LogP contribution < -0.4 is 5.32 Å². The molecule has 98 valence electrons. The van der Waals surface area contributed by atoms with E-state index in [0.717, 1.165) is 5.56 Å². The van der Waals surface area contributed by atoms with Crippen molar-refractivity contribution in [3.05, 3.63) is 35.4 Å². The Bertz CT molecular complexity index is 417. The monoisotopic (exact) mass is 251 g/mol. The zero-order chi connectivity index (χ0) is 13.4. The van der Waals surface area contributed by atoms with Gasteiger partial charge >= 0.3 is 5.97 Å². The average Bonchev–Trinajstić information content (AvgIpc) is 2.42. The molecule has 1 amide bonds. The van der Waals surface area contributed by atoms with Crippen LogP contribution in [0.15, 0.2) is 24.3 Å². The van der Waals surface area contributed by atoms with Crippen LogP contribution in [0.3, 0.4) is 0 Å². The lowest BCUT2D eigenvalue weighted by atomic mass is 10.1. The molecule has 0 bridgehead atoms. The first kappa shape index (κ1) is 14.2. The number of amides is 1. The lowest BCUT2D eigenvalue weighted by Gasteiger charge is -2.06. The number of hydrogen-bond acceptors (Lipinski definition) is 4. The van der Waals surface area contributed by atoms with Gasteiger partial charge in [-0.2, -0.15) is 0 Å². The molecule has 5 heteroatoms. The Hall–Kier alpha value is -1.88. The van der Waals surface area contributed by atoms with Gasteiger partial charge in [-0.25, -0.2) is 4.79 Å². The lowest BCUT2D eigenvalue weighted by molar-refractivity contribution is -0.125. The van der Waals surface area contributed by atoms with Gasteiger partial charge in [0.25, 0.3) is 0 Å². The second kappa shape index (κ2) is 7.45. The predicted octanol–water partition coefficient (Wildman–Crippen LogP) is 1.13. The molecule has 0 heterocycles. The smallest absolute Gasteiger partial charge is 0.337 e. The number of nitrogens with one attached hydrogen (secondary N) is 1. The predicted molar refractivity (Wildman–Crippen MR) is 66.1 cm³/mol. The van der Waals surface area contributed by atoms with Gasteiger partial charge in [0, 0.05) is 13.2 Å². The second-order valence-corrected chi connectivity index (χ2v) is 3.61. The van der Waals surface area contributed by atoms with Crippen LogP contribution in [0.2, 0.25) is 0 Å². The highest BCUT2D eigenvalue weighted by Gasteiger charge is 2.06. The summed E-state index contributed by atoms with van der Waals surface area (Å²) in [7, 11) is 1.33. The van der Waals surface area contributed by atoms with E-state index in [4.69, 9.17) is 4.74 Å². The molecular weight excluding hydrogens is 234 g/mol. The molecule has 0 aromatic heterocycles. The molecule has 0 aliphatic carbocycles. The Labute approximate surface area is 106 Å². The zero-order valence-corrected chi connectivity index (χ0v) is 10.6. The minimum atomic E-state index is -0.391. The fraction of sp³-hybridized carbons (Fsp3) is 0.385. The molecule has 5 nitrogen and oxygen atoms in total. The number of carbonyl (C=O) groups excluding carboxylic acids is 2. The first-order valence-electron chi connectivity index (χ1n) is 5.69. The quantitative estimate of drug-likeness (QED) is 0.770. The van der Waals surface area contributed by atoms with Gasteiger partial charge in [0.1, 0.15) is 6.61 Å². The van der Waals surface area contributed by atoms with Crippen molar-refractivity contribution in [1.29, 1.82) is 0 Å². The summed E-state index contributed by atoms with van der Waals surface area (Å²) >= 11 is 0. The zero-order valence-electron chi connectivity index (χ0n) is 10.6. The van der Waals surface area contributed by atoms with Crippen molar-refractivity contribution in [2.45, 2.75) is 13.5 Å². The molecule has 0 fully saturated rings. The number of hydrogen-bond donors (Lipinski definition) is 1. The third-order valence-electron chi connectivity index (χ3n) is 2.28. The topological polar surface area (TPSA) is 64.6 Å². The number of benzene rings is 1. The highest BCUT2D eigenvalue weighted by Crippen LogP contribution is 2.06. The first-order chi connectivity index (χ1) is 8.67. The molecule has 1 aromatic carbocycles. The average molecular weight is 251 g/mol. The molecule has 0 saturated carbocycles. The Balaban J connectivity index is 2.52. The summed E-state index contributed by atoms with van der Waals surface area (Å²) in [5, 5.41) is 2.70. The Morgan fingerprint density at radius 1 is 1.33 bits per heavy atom. The number of esters is 1. The van der Waals surface area contributed by atoms with Crippen LogP contribution in [0.25, 0.3) is 0 Å². The van der Waals surface area contributed by atoms with Crippen molar-refractivity contribution >= 4 is 11.9 Å². The summed E-state index contributed by atoms with van der Waals surface area (Å²) < 4.78 is 9.60. The van der Waals surface area contributed by atoms with Crippen LogP contribution in [0.5, 0.6) is 0 Å². The van der Waals surface area contributed by atoms with Gasteiger partial charge in [-0.05, 0) is 24.6 Å². The van der Waals surface area contributed by atoms with E-state index in [1.54, 1.807) is 18.2 Å². The van der Waals surface area contributed by atoms with Gasteiger partial charge < -0.3 is 14.8 Å². The molecule has 1 rings (SSSR count). The van der Waals surface area contributed by atoms with Crippen LogP contribution in [0.4, 0.5) is 0 Å². The van der Waals surface area contributed by atoms with Crippen LogP contribution in [-0.2, 0) is 20.8 Å². The van der Waals surface area contributed by atoms with Crippen molar-refractivity contribution in [3.8, 4) is 0 Å². The van der Waals surface area contributed by atoms with Crippen LogP contribution in [0, 0.1) is 0 Å². The van der Waals surface area contributed by atoms with Gasteiger partial charge in [-0.15, -0.1) is 0 Å². The second-order valence-electron chi connectivity index (χ2n) is 3.61. The lowest BCUT2D eigenvalue weighted by Crippen LogP contribution is -2.27. The maximum atomic E-state index is 11.3. The van der Waals surface area contributed by atoms with Crippen molar-refractivity contribution in [2.24, 2.45) is 0 Å². The van der Waals surface area contributed by atoms with Crippen LogP contribution >= 0.6 is 0 Å².